The lowest BCUT2D eigenvalue weighted by molar-refractivity contribution is -0.143. The van der Waals surface area contributed by atoms with Crippen molar-refractivity contribution < 1.29 is 19.1 Å². The molecule has 150 valence electrons. The van der Waals surface area contributed by atoms with Crippen LogP contribution in [0.25, 0.3) is 0 Å². The summed E-state index contributed by atoms with van der Waals surface area (Å²) in [4.78, 5) is 29.2. The summed E-state index contributed by atoms with van der Waals surface area (Å²) in [5.74, 6) is 0.627. The number of likely N-dealkylation sites (tertiary alicyclic amines) is 1. The third kappa shape index (κ3) is 2.99. The molecule has 3 atom stereocenters. The zero-order valence-electron chi connectivity index (χ0n) is 16.4. The van der Waals surface area contributed by atoms with Gasteiger partial charge in [0.2, 0.25) is 5.91 Å². The number of carbonyl (C=O) groups is 2. The van der Waals surface area contributed by atoms with Crippen molar-refractivity contribution in [3.63, 3.8) is 0 Å². The highest BCUT2D eigenvalue weighted by molar-refractivity contribution is 5.85. The SMILES string of the molecule is Cc1ccc(OCC(=O)N2CC[C@@]34O[C@@H](c5ccccc5)CN3C(=O)C[C@@H]24)cc1. The number of amides is 2. The monoisotopic (exact) mass is 392 g/mol. The van der Waals surface area contributed by atoms with E-state index in [9.17, 15) is 9.59 Å². The van der Waals surface area contributed by atoms with Crippen molar-refractivity contribution in [1.82, 2.24) is 9.80 Å². The molecule has 29 heavy (non-hydrogen) atoms. The van der Waals surface area contributed by atoms with E-state index < -0.39 is 5.72 Å². The predicted octanol–water partition coefficient (Wildman–Crippen LogP) is 2.67. The minimum absolute atomic E-state index is 0.0358. The summed E-state index contributed by atoms with van der Waals surface area (Å²) in [7, 11) is 0. The van der Waals surface area contributed by atoms with Crippen LogP contribution in [0.4, 0.5) is 0 Å². The molecule has 3 fully saturated rings. The number of rotatable bonds is 4. The van der Waals surface area contributed by atoms with Crippen molar-refractivity contribution in [3.05, 3.63) is 65.7 Å². The zero-order chi connectivity index (χ0) is 20.0. The van der Waals surface area contributed by atoms with E-state index in [0.717, 1.165) is 11.1 Å². The Kier molecular flexibility index (Phi) is 4.32. The van der Waals surface area contributed by atoms with Gasteiger partial charge in [0, 0.05) is 13.0 Å². The topological polar surface area (TPSA) is 59.1 Å². The Morgan fingerprint density at radius 1 is 1.17 bits per heavy atom. The Morgan fingerprint density at radius 3 is 2.69 bits per heavy atom. The van der Waals surface area contributed by atoms with Gasteiger partial charge in [0.1, 0.15) is 11.9 Å². The number of aryl methyl sites for hydroxylation is 1. The number of ether oxygens (including phenoxy) is 2. The summed E-state index contributed by atoms with van der Waals surface area (Å²) in [6.45, 7) is 3.09. The molecule has 0 unspecified atom stereocenters. The van der Waals surface area contributed by atoms with Crippen LogP contribution in [0.3, 0.4) is 0 Å². The third-order valence-corrected chi connectivity index (χ3v) is 6.30. The first kappa shape index (κ1) is 18.2. The minimum atomic E-state index is -0.697. The molecule has 0 bridgehead atoms. The standard InChI is InChI=1S/C23H24N2O4/c1-16-7-9-18(10-8-16)28-15-22(27)24-12-11-23-20(24)13-21(26)25(23)14-19(29-23)17-5-3-2-4-6-17/h2-10,19-20H,11-15H2,1H3/t19-,20-,23+/m1/s1. The summed E-state index contributed by atoms with van der Waals surface area (Å²) in [6, 6.07) is 17.3. The normalized spacial score (nSPS) is 27.8. The summed E-state index contributed by atoms with van der Waals surface area (Å²) in [5, 5.41) is 0. The maximum Gasteiger partial charge on any atom is 0.260 e. The van der Waals surface area contributed by atoms with E-state index in [4.69, 9.17) is 9.47 Å². The summed E-state index contributed by atoms with van der Waals surface area (Å²) >= 11 is 0. The van der Waals surface area contributed by atoms with Gasteiger partial charge in [-0.2, -0.15) is 0 Å². The molecule has 1 spiro atoms. The van der Waals surface area contributed by atoms with Gasteiger partial charge in [0.25, 0.3) is 5.91 Å². The molecule has 2 aromatic carbocycles. The molecule has 6 heteroatoms. The van der Waals surface area contributed by atoms with Gasteiger partial charge in [-0.25, -0.2) is 0 Å². The van der Waals surface area contributed by atoms with E-state index in [-0.39, 0.29) is 30.6 Å². The van der Waals surface area contributed by atoms with Gasteiger partial charge in [0.05, 0.1) is 19.0 Å². The lowest BCUT2D eigenvalue weighted by atomic mass is 10.1. The molecule has 0 radical (unpaired) electrons. The van der Waals surface area contributed by atoms with Gasteiger partial charge < -0.3 is 19.3 Å². The molecule has 5 rings (SSSR count). The first-order valence-electron chi connectivity index (χ1n) is 10.1. The van der Waals surface area contributed by atoms with Crippen LogP contribution in [0.15, 0.2) is 54.6 Å². The minimum Gasteiger partial charge on any atom is -0.484 e. The van der Waals surface area contributed by atoms with Crippen LogP contribution in [0, 0.1) is 6.92 Å². The predicted molar refractivity (Wildman–Crippen MR) is 106 cm³/mol. The molecule has 0 saturated carbocycles. The fraction of sp³-hybridized carbons (Fsp3) is 0.391. The average Bonchev–Trinajstić information content (AvgIpc) is 3.36. The van der Waals surface area contributed by atoms with Crippen molar-refractivity contribution in [2.75, 3.05) is 19.7 Å². The van der Waals surface area contributed by atoms with Gasteiger partial charge in [0.15, 0.2) is 12.3 Å². The Hall–Kier alpha value is -2.86. The maximum absolute atomic E-state index is 12.9. The molecule has 2 aromatic rings. The highest BCUT2D eigenvalue weighted by atomic mass is 16.5. The second-order valence-corrected chi connectivity index (χ2v) is 8.03. The Morgan fingerprint density at radius 2 is 1.93 bits per heavy atom. The number of carbonyl (C=O) groups excluding carboxylic acids is 2. The Bertz CT molecular complexity index is 930. The van der Waals surface area contributed by atoms with Gasteiger partial charge in [-0.05, 0) is 24.6 Å². The summed E-state index contributed by atoms with van der Waals surface area (Å²) < 4.78 is 12.2. The molecule has 3 aliphatic heterocycles. The quantitative estimate of drug-likeness (QED) is 0.803. The van der Waals surface area contributed by atoms with Crippen molar-refractivity contribution in [2.24, 2.45) is 0 Å². The van der Waals surface area contributed by atoms with E-state index in [0.29, 0.717) is 31.7 Å². The van der Waals surface area contributed by atoms with Crippen LogP contribution in [0.2, 0.25) is 0 Å². The van der Waals surface area contributed by atoms with Crippen molar-refractivity contribution in [1.29, 1.82) is 0 Å². The van der Waals surface area contributed by atoms with E-state index in [1.807, 2.05) is 66.4 Å². The highest BCUT2D eigenvalue weighted by Gasteiger charge is 2.64. The first-order chi connectivity index (χ1) is 14.1. The number of benzene rings is 2. The number of hydrogen-bond donors (Lipinski definition) is 0. The summed E-state index contributed by atoms with van der Waals surface area (Å²) in [6.07, 6.45) is 0.808. The van der Waals surface area contributed by atoms with E-state index in [1.54, 1.807) is 4.90 Å². The molecule has 0 aliphatic carbocycles. The van der Waals surface area contributed by atoms with Crippen LogP contribution in [0.1, 0.15) is 30.1 Å². The van der Waals surface area contributed by atoms with Crippen LogP contribution in [-0.4, -0.2) is 53.1 Å². The Labute approximate surface area is 170 Å². The maximum atomic E-state index is 12.9. The highest BCUT2D eigenvalue weighted by Crippen LogP contribution is 2.50. The van der Waals surface area contributed by atoms with E-state index in [2.05, 4.69) is 0 Å². The molecular formula is C23H24N2O4. The molecule has 3 heterocycles. The second-order valence-electron chi connectivity index (χ2n) is 8.03. The van der Waals surface area contributed by atoms with Gasteiger partial charge >= 0.3 is 0 Å². The van der Waals surface area contributed by atoms with Crippen molar-refractivity contribution >= 4 is 11.8 Å². The van der Waals surface area contributed by atoms with Crippen LogP contribution in [-0.2, 0) is 14.3 Å². The molecule has 6 nitrogen and oxygen atoms in total. The third-order valence-electron chi connectivity index (χ3n) is 6.30. The van der Waals surface area contributed by atoms with Crippen LogP contribution < -0.4 is 4.74 Å². The number of nitrogens with zero attached hydrogens (tertiary/aromatic N) is 2. The van der Waals surface area contributed by atoms with Gasteiger partial charge in [-0.15, -0.1) is 0 Å². The van der Waals surface area contributed by atoms with Crippen molar-refractivity contribution in [3.8, 4) is 5.75 Å². The molecular weight excluding hydrogens is 368 g/mol. The smallest absolute Gasteiger partial charge is 0.260 e. The molecule has 0 aromatic heterocycles. The number of hydrogen-bond acceptors (Lipinski definition) is 4. The molecule has 3 aliphatic rings. The summed E-state index contributed by atoms with van der Waals surface area (Å²) in [5.41, 5.74) is 1.51. The van der Waals surface area contributed by atoms with E-state index in [1.165, 1.54) is 0 Å². The van der Waals surface area contributed by atoms with E-state index >= 15 is 0 Å². The van der Waals surface area contributed by atoms with Crippen molar-refractivity contribution in [2.45, 2.75) is 37.6 Å². The van der Waals surface area contributed by atoms with Gasteiger partial charge in [-0.3, -0.25) is 9.59 Å². The average molecular weight is 392 g/mol. The van der Waals surface area contributed by atoms with Crippen LogP contribution >= 0.6 is 0 Å². The fourth-order valence-electron chi connectivity index (χ4n) is 4.83. The molecule has 3 saturated heterocycles. The first-order valence-corrected chi connectivity index (χ1v) is 10.1. The zero-order valence-corrected chi connectivity index (χ0v) is 16.4. The van der Waals surface area contributed by atoms with Crippen LogP contribution in [0.5, 0.6) is 5.75 Å². The van der Waals surface area contributed by atoms with Gasteiger partial charge in [-0.1, -0.05) is 48.0 Å². The fourth-order valence-corrected chi connectivity index (χ4v) is 4.83. The largest absolute Gasteiger partial charge is 0.484 e. The Balaban J connectivity index is 1.30. The second kappa shape index (κ2) is 6.88. The molecule has 2 amide bonds. The molecule has 0 N–H and O–H groups in total. The lowest BCUT2D eigenvalue weighted by Crippen LogP contribution is -2.49. The lowest BCUT2D eigenvalue weighted by Gasteiger charge is -2.31.